The Hall–Kier alpha value is -2.16. The number of halogens is 1. The Bertz CT molecular complexity index is 779. The Kier molecular flexibility index (Phi) is 4.13. The number of nitrogens with one attached hydrogen (secondary N) is 1. The van der Waals surface area contributed by atoms with Crippen LogP contribution in [0, 0.1) is 23.2 Å². The van der Waals surface area contributed by atoms with Gasteiger partial charge in [0.15, 0.2) is 5.67 Å². The number of rotatable bonds is 3. The highest BCUT2D eigenvalue weighted by Gasteiger charge is 2.46. The molecule has 1 N–H and O–H groups in total. The van der Waals surface area contributed by atoms with Gasteiger partial charge in [0.2, 0.25) is 0 Å². The molecule has 0 radical (unpaired) electrons. The molecule has 26 heavy (non-hydrogen) atoms. The Morgan fingerprint density at radius 1 is 1.38 bits per heavy atom. The number of aromatic nitrogens is 1. The van der Waals surface area contributed by atoms with Crippen molar-refractivity contribution in [3.63, 3.8) is 0 Å². The van der Waals surface area contributed by atoms with E-state index in [0.29, 0.717) is 36.3 Å². The summed E-state index contributed by atoms with van der Waals surface area (Å²) in [6, 6.07) is 4.42. The van der Waals surface area contributed by atoms with Crippen molar-refractivity contribution in [1.82, 2.24) is 9.88 Å². The number of pyridine rings is 1. The van der Waals surface area contributed by atoms with Crippen molar-refractivity contribution in [3.05, 3.63) is 22.9 Å². The third kappa shape index (κ3) is 2.94. The van der Waals surface area contributed by atoms with Gasteiger partial charge in [-0.3, -0.25) is 4.79 Å². The van der Waals surface area contributed by atoms with E-state index in [0.717, 1.165) is 37.8 Å². The Labute approximate surface area is 153 Å². The molecule has 0 spiro atoms. The van der Waals surface area contributed by atoms with Crippen molar-refractivity contribution in [2.24, 2.45) is 11.8 Å². The van der Waals surface area contributed by atoms with E-state index < -0.39 is 11.6 Å². The van der Waals surface area contributed by atoms with Crippen LogP contribution in [-0.2, 0) is 17.6 Å². The summed E-state index contributed by atoms with van der Waals surface area (Å²) in [5.74, 6) is 0.954. The van der Waals surface area contributed by atoms with E-state index in [1.54, 1.807) is 4.90 Å². The summed E-state index contributed by atoms with van der Waals surface area (Å²) in [6.45, 7) is 3.87. The normalized spacial score (nSPS) is 27.2. The molecule has 3 unspecified atom stereocenters. The maximum absolute atomic E-state index is 14.0. The van der Waals surface area contributed by atoms with Gasteiger partial charge in [0.25, 0.3) is 5.91 Å². The molecule has 1 saturated carbocycles. The number of nitrogens with zero attached hydrogens (tertiary/aromatic N) is 3. The number of fused-ring (bicyclic) bond motifs is 2. The van der Waals surface area contributed by atoms with Crippen molar-refractivity contribution in [2.75, 3.05) is 18.4 Å². The van der Waals surface area contributed by atoms with E-state index in [9.17, 15) is 14.4 Å². The average molecular weight is 356 g/mol. The molecule has 2 fully saturated rings. The van der Waals surface area contributed by atoms with Gasteiger partial charge in [-0.1, -0.05) is 0 Å². The number of nitriles is 1. The van der Waals surface area contributed by atoms with Gasteiger partial charge in [0, 0.05) is 30.7 Å². The van der Waals surface area contributed by atoms with Crippen LogP contribution >= 0.6 is 0 Å². The van der Waals surface area contributed by atoms with Crippen molar-refractivity contribution in [3.8, 4) is 6.07 Å². The van der Waals surface area contributed by atoms with Gasteiger partial charge in [0.1, 0.15) is 11.9 Å². The van der Waals surface area contributed by atoms with Crippen LogP contribution in [0.2, 0.25) is 0 Å². The fourth-order valence-electron chi connectivity index (χ4n) is 4.83. The van der Waals surface area contributed by atoms with Crippen molar-refractivity contribution < 1.29 is 9.18 Å². The van der Waals surface area contributed by atoms with Crippen LogP contribution in [0.3, 0.4) is 0 Å². The summed E-state index contributed by atoms with van der Waals surface area (Å²) in [4.78, 5) is 18.7. The largest absolute Gasteiger partial charge is 0.366 e. The van der Waals surface area contributed by atoms with Gasteiger partial charge in [0.05, 0.1) is 5.56 Å². The number of carbonyl (C=O) groups excluding carboxylic acids is 1. The second kappa shape index (κ2) is 6.22. The molecule has 5 nitrogen and oxygen atoms in total. The molecular formula is C20H25FN4O. The molecule has 1 aromatic heterocycles. The van der Waals surface area contributed by atoms with Crippen LogP contribution in [0.5, 0.6) is 0 Å². The molecule has 1 amide bonds. The predicted octanol–water partition coefficient (Wildman–Crippen LogP) is 2.84. The van der Waals surface area contributed by atoms with Gasteiger partial charge in [-0.15, -0.1) is 0 Å². The van der Waals surface area contributed by atoms with Gasteiger partial charge < -0.3 is 10.2 Å². The minimum absolute atomic E-state index is 0.180. The summed E-state index contributed by atoms with van der Waals surface area (Å²) in [5.41, 5.74) is 1.07. The van der Waals surface area contributed by atoms with Gasteiger partial charge in [-0.2, -0.15) is 5.26 Å². The van der Waals surface area contributed by atoms with Gasteiger partial charge in [-0.05, 0) is 63.5 Å². The monoisotopic (exact) mass is 356 g/mol. The minimum atomic E-state index is -1.82. The molecule has 3 aliphatic rings. The Balaban J connectivity index is 1.51. The lowest BCUT2D eigenvalue weighted by molar-refractivity contribution is -0.141. The highest BCUT2D eigenvalue weighted by molar-refractivity contribution is 5.84. The number of amides is 1. The lowest BCUT2D eigenvalue weighted by Crippen LogP contribution is -2.42. The second-order valence-corrected chi connectivity index (χ2v) is 8.39. The van der Waals surface area contributed by atoms with Crippen LogP contribution in [0.25, 0.3) is 0 Å². The lowest BCUT2D eigenvalue weighted by Gasteiger charge is -2.25. The third-order valence-corrected chi connectivity index (χ3v) is 6.15. The zero-order valence-electron chi connectivity index (χ0n) is 15.4. The van der Waals surface area contributed by atoms with E-state index in [1.807, 2.05) is 6.07 Å². The van der Waals surface area contributed by atoms with Crippen LogP contribution in [0.4, 0.5) is 10.2 Å². The number of carbonyl (C=O) groups is 1. The van der Waals surface area contributed by atoms with Crippen LogP contribution < -0.4 is 5.32 Å². The first-order chi connectivity index (χ1) is 12.4. The highest BCUT2D eigenvalue weighted by atomic mass is 19.1. The molecule has 1 aliphatic heterocycles. The predicted molar refractivity (Wildman–Crippen MR) is 96.4 cm³/mol. The number of alkyl halides is 1. The fraction of sp³-hybridized carbons (Fsp3) is 0.650. The highest BCUT2D eigenvalue weighted by Crippen LogP contribution is 2.40. The number of anilines is 1. The third-order valence-electron chi connectivity index (χ3n) is 6.15. The summed E-state index contributed by atoms with van der Waals surface area (Å²) < 4.78 is 14.0. The molecule has 138 valence electrons. The zero-order valence-corrected chi connectivity index (χ0v) is 15.4. The zero-order chi connectivity index (χ0) is 18.5. The van der Waals surface area contributed by atoms with E-state index in [2.05, 4.69) is 11.4 Å². The lowest BCUT2D eigenvalue weighted by atomic mass is 9.97. The average Bonchev–Trinajstić information content (AvgIpc) is 3.28. The van der Waals surface area contributed by atoms with E-state index >= 15 is 0 Å². The first-order valence-corrected chi connectivity index (χ1v) is 9.54. The molecule has 1 aromatic rings. The molecular weight excluding hydrogens is 331 g/mol. The van der Waals surface area contributed by atoms with Crippen LogP contribution in [0.1, 0.15) is 49.9 Å². The van der Waals surface area contributed by atoms with Gasteiger partial charge in [-0.25, -0.2) is 9.37 Å². The Morgan fingerprint density at radius 2 is 2.19 bits per heavy atom. The number of hydrogen-bond acceptors (Lipinski definition) is 4. The second-order valence-electron chi connectivity index (χ2n) is 8.39. The van der Waals surface area contributed by atoms with E-state index in [-0.39, 0.29) is 6.04 Å². The Morgan fingerprint density at radius 3 is 2.92 bits per heavy atom. The SMILES string of the molecule is CC(C)(F)C(=O)N1CC2CCC(Nc3nc4c(cc3C#N)CCC4)C2C1. The summed E-state index contributed by atoms with van der Waals surface area (Å²) >= 11 is 0. The van der Waals surface area contributed by atoms with E-state index in [4.69, 9.17) is 4.98 Å². The molecule has 2 heterocycles. The first-order valence-electron chi connectivity index (χ1n) is 9.54. The number of aryl methyl sites for hydroxylation is 2. The molecule has 0 bridgehead atoms. The van der Waals surface area contributed by atoms with Crippen molar-refractivity contribution >= 4 is 11.7 Å². The first kappa shape index (κ1) is 17.3. The van der Waals surface area contributed by atoms with Crippen molar-refractivity contribution in [2.45, 2.75) is 57.7 Å². The number of likely N-dealkylation sites (tertiary alicyclic amines) is 1. The minimum Gasteiger partial charge on any atom is -0.366 e. The molecule has 6 heteroatoms. The molecule has 3 atom stereocenters. The molecule has 4 rings (SSSR count). The standard InChI is InChI=1S/C20H25FN4O/c1-20(2,21)19(26)25-10-13-6-7-17(15(13)11-25)24-18-14(9-22)8-12-4-3-5-16(12)23-18/h8,13,15,17H,3-7,10-11H2,1-2H3,(H,23,24). The fourth-order valence-corrected chi connectivity index (χ4v) is 4.83. The maximum atomic E-state index is 14.0. The van der Waals surface area contributed by atoms with Gasteiger partial charge >= 0.3 is 0 Å². The van der Waals surface area contributed by atoms with Crippen molar-refractivity contribution in [1.29, 1.82) is 5.26 Å². The molecule has 0 aromatic carbocycles. The summed E-state index contributed by atoms with van der Waals surface area (Å²) in [5, 5.41) is 13.0. The van der Waals surface area contributed by atoms with Crippen LogP contribution in [-0.4, -0.2) is 40.6 Å². The smallest absolute Gasteiger partial charge is 0.259 e. The molecule has 1 saturated heterocycles. The number of hydrogen-bond donors (Lipinski definition) is 1. The summed E-state index contributed by atoms with van der Waals surface area (Å²) in [6.07, 6.45) is 5.09. The molecule has 2 aliphatic carbocycles. The van der Waals surface area contributed by atoms with E-state index in [1.165, 1.54) is 19.4 Å². The topological polar surface area (TPSA) is 69.0 Å². The van der Waals surface area contributed by atoms with Crippen LogP contribution in [0.15, 0.2) is 6.07 Å². The quantitative estimate of drug-likeness (QED) is 0.904. The summed E-state index contributed by atoms with van der Waals surface area (Å²) in [7, 11) is 0. The maximum Gasteiger partial charge on any atom is 0.259 e.